The number of piperazine rings is 1. The van der Waals surface area contributed by atoms with E-state index in [1.807, 2.05) is 35.2 Å². The number of carbonyl (C=O) groups excluding carboxylic acids is 1. The second-order valence-electron chi connectivity index (χ2n) is 7.64. The van der Waals surface area contributed by atoms with Crippen molar-refractivity contribution in [3.63, 3.8) is 0 Å². The van der Waals surface area contributed by atoms with Gasteiger partial charge in [0.05, 0.1) is 29.3 Å². The molecule has 0 unspecified atom stereocenters. The summed E-state index contributed by atoms with van der Waals surface area (Å²) < 4.78 is 7.74. The average Bonchev–Trinajstić information content (AvgIpc) is 2.84. The van der Waals surface area contributed by atoms with Gasteiger partial charge in [-0.25, -0.2) is 4.98 Å². The molecule has 3 heterocycles. The highest BCUT2D eigenvalue weighted by atomic mass is 79.9. The van der Waals surface area contributed by atoms with E-state index < -0.39 is 0 Å². The normalized spacial score (nSPS) is 14.2. The van der Waals surface area contributed by atoms with Gasteiger partial charge in [-0.05, 0) is 42.5 Å². The molecule has 4 aromatic rings. The third kappa shape index (κ3) is 3.50. The van der Waals surface area contributed by atoms with Crippen molar-refractivity contribution in [1.29, 1.82) is 0 Å². The quantitative estimate of drug-likeness (QED) is 0.409. The summed E-state index contributed by atoms with van der Waals surface area (Å²) in [5.41, 5.74) is 2.21. The van der Waals surface area contributed by atoms with Crippen LogP contribution in [-0.4, -0.2) is 53.5 Å². The molecule has 162 valence electrons. The van der Waals surface area contributed by atoms with E-state index in [4.69, 9.17) is 4.74 Å². The number of nitrogens with zero attached hydrogens (tertiary/aromatic N) is 4. The minimum atomic E-state index is -0.193. The van der Waals surface area contributed by atoms with Crippen LogP contribution < -0.4 is 15.2 Å². The number of benzene rings is 2. The highest BCUT2D eigenvalue weighted by Crippen LogP contribution is 2.28. The lowest BCUT2D eigenvalue weighted by molar-refractivity contribution is 0.0748. The first-order chi connectivity index (χ1) is 15.6. The van der Waals surface area contributed by atoms with Crippen LogP contribution in [-0.2, 0) is 0 Å². The fraction of sp³-hybridized carbons (Fsp3) is 0.208. The minimum Gasteiger partial charge on any atom is -0.495 e. The zero-order valence-electron chi connectivity index (χ0n) is 17.5. The lowest BCUT2D eigenvalue weighted by Crippen LogP contribution is -2.49. The minimum absolute atomic E-state index is 0.119. The van der Waals surface area contributed by atoms with E-state index in [-0.39, 0.29) is 11.5 Å². The Kier molecular flexibility index (Phi) is 5.30. The molecule has 8 heteroatoms. The molecule has 0 spiro atoms. The van der Waals surface area contributed by atoms with Crippen molar-refractivity contribution in [3.8, 4) is 5.75 Å². The molecule has 0 saturated carbocycles. The number of halogens is 1. The zero-order valence-corrected chi connectivity index (χ0v) is 19.1. The number of rotatable bonds is 3. The van der Waals surface area contributed by atoms with Gasteiger partial charge in [-0.2, -0.15) is 0 Å². The molecule has 2 aromatic heterocycles. The number of ether oxygens (including phenoxy) is 1. The summed E-state index contributed by atoms with van der Waals surface area (Å²) in [5.74, 6) is 0.703. The maximum atomic E-state index is 13.4. The number of hydrogen-bond donors (Lipinski definition) is 0. The average molecular weight is 493 g/mol. The van der Waals surface area contributed by atoms with Crippen LogP contribution in [0.5, 0.6) is 5.75 Å². The highest BCUT2D eigenvalue weighted by molar-refractivity contribution is 9.10. The Morgan fingerprint density at radius 2 is 1.81 bits per heavy atom. The number of amides is 1. The van der Waals surface area contributed by atoms with Gasteiger partial charge in [0.1, 0.15) is 5.75 Å². The topological polar surface area (TPSA) is 67.2 Å². The molecule has 1 aliphatic rings. The molecule has 0 N–H and O–H groups in total. The smallest absolute Gasteiger partial charge is 0.265 e. The van der Waals surface area contributed by atoms with Crippen molar-refractivity contribution < 1.29 is 9.53 Å². The Morgan fingerprint density at radius 1 is 1.03 bits per heavy atom. The Bertz CT molecular complexity index is 1390. The number of para-hydroxylation sites is 2. The maximum absolute atomic E-state index is 13.4. The highest BCUT2D eigenvalue weighted by Gasteiger charge is 2.25. The predicted octanol–water partition coefficient (Wildman–Crippen LogP) is 3.58. The van der Waals surface area contributed by atoms with Gasteiger partial charge in [-0.3, -0.25) is 14.0 Å². The van der Waals surface area contributed by atoms with Crippen molar-refractivity contribution >= 4 is 44.1 Å². The van der Waals surface area contributed by atoms with Crippen LogP contribution in [0.3, 0.4) is 0 Å². The van der Waals surface area contributed by atoms with E-state index in [1.165, 1.54) is 4.40 Å². The Balaban J connectivity index is 1.45. The molecular weight excluding hydrogens is 472 g/mol. The van der Waals surface area contributed by atoms with Gasteiger partial charge in [0.25, 0.3) is 11.5 Å². The number of pyridine rings is 1. The van der Waals surface area contributed by atoms with E-state index in [2.05, 4.69) is 25.8 Å². The van der Waals surface area contributed by atoms with Gasteiger partial charge < -0.3 is 14.5 Å². The number of fused-ring (bicyclic) bond motifs is 2. The van der Waals surface area contributed by atoms with E-state index in [9.17, 15) is 9.59 Å². The van der Waals surface area contributed by atoms with E-state index in [0.717, 1.165) is 15.9 Å². The van der Waals surface area contributed by atoms with Gasteiger partial charge >= 0.3 is 0 Å². The van der Waals surface area contributed by atoms with E-state index in [0.29, 0.717) is 48.3 Å². The number of carbonyl (C=O) groups is 1. The molecular formula is C24H21BrN4O3. The van der Waals surface area contributed by atoms with Gasteiger partial charge in [-0.1, -0.05) is 28.1 Å². The second kappa shape index (κ2) is 8.27. The molecule has 0 aliphatic carbocycles. The van der Waals surface area contributed by atoms with Gasteiger partial charge in [0.2, 0.25) is 0 Å². The largest absolute Gasteiger partial charge is 0.495 e. The summed E-state index contributed by atoms with van der Waals surface area (Å²) in [7, 11) is 1.66. The Morgan fingerprint density at radius 3 is 2.59 bits per heavy atom. The van der Waals surface area contributed by atoms with Crippen LogP contribution in [0.4, 0.5) is 5.69 Å². The second-order valence-corrected chi connectivity index (χ2v) is 8.56. The van der Waals surface area contributed by atoms with Crippen LogP contribution in [0.25, 0.3) is 16.6 Å². The van der Waals surface area contributed by atoms with Gasteiger partial charge in [-0.15, -0.1) is 0 Å². The molecule has 0 atom stereocenters. The van der Waals surface area contributed by atoms with Crippen molar-refractivity contribution in [3.05, 3.63) is 81.2 Å². The summed E-state index contributed by atoms with van der Waals surface area (Å²) >= 11 is 3.40. The number of anilines is 1. The predicted molar refractivity (Wildman–Crippen MR) is 128 cm³/mol. The SMILES string of the molecule is COc1ccccc1N1CCN(C(=O)c2cccn3c(=O)c4cc(Br)ccc4nc23)CC1. The first-order valence-electron chi connectivity index (χ1n) is 10.3. The summed E-state index contributed by atoms with van der Waals surface area (Å²) in [5, 5.41) is 0.506. The molecule has 1 aliphatic heterocycles. The molecule has 0 bridgehead atoms. The van der Waals surface area contributed by atoms with Crippen LogP contribution in [0.15, 0.2) is 70.1 Å². The first-order valence-corrected chi connectivity index (χ1v) is 11.1. The number of hydrogen-bond acceptors (Lipinski definition) is 5. The molecule has 1 saturated heterocycles. The third-order valence-electron chi connectivity index (χ3n) is 5.82. The maximum Gasteiger partial charge on any atom is 0.265 e. The van der Waals surface area contributed by atoms with Crippen LogP contribution in [0.2, 0.25) is 0 Å². The summed E-state index contributed by atoms with van der Waals surface area (Å²) in [6.45, 7) is 2.54. The summed E-state index contributed by atoms with van der Waals surface area (Å²) in [6, 6.07) is 16.7. The monoisotopic (exact) mass is 492 g/mol. The van der Waals surface area contributed by atoms with Gasteiger partial charge in [0.15, 0.2) is 5.65 Å². The molecule has 0 radical (unpaired) electrons. The molecule has 7 nitrogen and oxygen atoms in total. The fourth-order valence-electron chi connectivity index (χ4n) is 4.18. The lowest BCUT2D eigenvalue weighted by Gasteiger charge is -2.36. The summed E-state index contributed by atoms with van der Waals surface area (Å²) in [6.07, 6.45) is 1.65. The van der Waals surface area contributed by atoms with Gasteiger partial charge in [0, 0.05) is 36.8 Å². The zero-order chi connectivity index (χ0) is 22.2. The molecule has 32 heavy (non-hydrogen) atoms. The Hall–Kier alpha value is -3.39. The number of aromatic nitrogens is 2. The molecule has 1 fully saturated rings. The molecule has 5 rings (SSSR count). The van der Waals surface area contributed by atoms with Crippen molar-refractivity contribution in [2.75, 3.05) is 38.2 Å². The molecule has 2 aromatic carbocycles. The van der Waals surface area contributed by atoms with Crippen molar-refractivity contribution in [1.82, 2.24) is 14.3 Å². The molecule has 1 amide bonds. The fourth-order valence-corrected chi connectivity index (χ4v) is 4.54. The lowest BCUT2D eigenvalue weighted by atomic mass is 10.1. The van der Waals surface area contributed by atoms with Crippen molar-refractivity contribution in [2.45, 2.75) is 0 Å². The third-order valence-corrected chi connectivity index (χ3v) is 6.32. The Labute approximate surface area is 193 Å². The van der Waals surface area contributed by atoms with Crippen LogP contribution in [0.1, 0.15) is 10.4 Å². The standard InChI is InChI=1S/C24H21BrN4O3/c1-32-21-7-3-2-6-20(21)27-11-13-28(14-12-27)23(30)17-5-4-10-29-22(17)26-19-9-8-16(25)15-18(19)24(29)31/h2-10,15H,11-14H2,1H3. The van der Waals surface area contributed by atoms with Crippen LogP contribution in [0, 0.1) is 0 Å². The van der Waals surface area contributed by atoms with Crippen molar-refractivity contribution in [2.24, 2.45) is 0 Å². The number of methoxy groups -OCH3 is 1. The van der Waals surface area contributed by atoms with Crippen LogP contribution >= 0.6 is 15.9 Å². The summed E-state index contributed by atoms with van der Waals surface area (Å²) in [4.78, 5) is 35.1. The van der Waals surface area contributed by atoms with E-state index in [1.54, 1.807) is 37.6 Å². The van der Waals surface area contributed by atoms with E-state index >= 15 is 0 Å². The first kappa shape index (κ1) is 20.5.